The highest BCUT2D eigenvalue weighted by Gasteiger charge is 2.19. The van der Waals surface area contributed by atoms with Gasteiger partial charge in [0.25, 0.3) is 5.89 Å². The average Bonchev–Trinajstić information content (AvgIpc) is 2.85. The van der Waals surface area contributed by atoms with Gasteiger partial charge in [-0.05, 0) is 31.9 Å². The first-order valence-electron chi connectivity index (χ1n) is 6.24. The summed E-state index contributed by atoms with van der Waals surface area (Å²) in [4.78, 5) is 10.9. The Morgan fingerprint density at radius 2 is 2.16 bits per heavy atom. The molecule has 2 rings (SSSR count). The molecule has 19 heavy (non-hydrogen) atoms. The summed E-state index contributed by atoms with van der Waals surface area (Å²) in [6.07, 6.45) is 1.65. The molecule has 6 nitrogen and oxygen atoms in total. The van der Waals surface area contributed by atoms with Crippen LogP contribution in [-0.4, -0.2) is 25.8 Å². The Morgan fingerprint density at radius 3 is 2.79 bits per heavy atom. The van der Waals surface area contributed by atoms with Gasteiger partial charge >= 0.3 is 5.97 Å². The molecular weight excluding hydrogens is 246 g/mol. The lowest BCUT2D eigenvalue weighted by atomic mass is 10.2. The molecule has 0 radical (unpaired) electrons. The van der Waals surface area contributed by atoms with Gasteiger partial charge in [-0.3, -0.25) is 4.79 Å². The normalized spacial score (nSPS) is 10.9. The van der Waals surface area contributed by atoms with Crippen LogP contribution >= 0.6 is 0 Å². The minimum absolute atomic E-state index is 0.111. The second-order valence-corrected chi connectivity index (χ2v) is 4.55. The van der Waals surface area contributed by atoms with Crippen molar-refractivity contribution in [1.82, 2.24) is 14.8 Å². The molecule has 0 atom stereocenters. The highest BCUT2D eigenvalue weighted by atomic mass is 16.4. The highest BCUT2D eigenvalue weighted by molar-refractivity contribution is 5.69. The fraction of sp³-hybridized carbons (Fsp3) is 0.462. The quantitative estimate of drug-likeness (QED) is 0.894. The topological polar surface area (TPSA) is 81.2 Å². The largest absolute Gasteiger partial charge is 0.480 e. The Kier molecular flexibility index (Phi) is 3.69. The van der Waals surface area contributed by atoms with Crippen LogP contribution in [0.2, 0.25) is 0 Å². The second-order valence-electron chi connectivity index (χ2n) is 4.55. The van der Waals surface area contributed by atoms with Crippen molar-refractivity contribution in [2.75, 3.05) is 0 Å². The van der Waals surface area contributed by atoms with E-state index in [2.05, 4.69) is 10.2 Å². The smallest absolute Gasteiger partial charge is 0.323 e. The van der Waals surface area contributed by atoms with E-state index in [0.717, 1.165) is 24.1 Å². The van der Waals surface area contributed by atoms with Gasteiger partial charge in [0.1, 0.15) is 12.2 Å². The molecule has 1 N–H and O–H groups in total. The summed E-state index contributed by atoms with van der Waals surface area (Å²) in [7, 11) is 0. The van der Waals surface area contributed by atoms with Crippen molar-refractivity contribution in [3.8, 4) is 11.6 Å². The van der Waals surface area contributed by atoms with Crippen LogP contribution in [0.25, 0.3) is 11.6 Å². The fourth-order valence-electron chi connectivity index (χ4n) is 2.14. The van der Waals surface area contributed by atoms with Gasteiger partial charge in [0, 0.05) is 12.1 Å². The van der Waals surface area contributed by atoms with E-state index in [1.165, 1.54) is 0 Å². The van der Waals surface area contributed by atoms with Crippen molar-refractivity contribution in [1.29, 1.82) is 0 Å². The Hall–Kier alpha value is -2.11. The van der Waals surface area contributed by atoms with Gasteiger partial charge in [-0.2, -0.15) is 0 Å². The maximum atomic E-state index is 10.9. The van der Waals surface area contributed by atoms with E-state index < -0.39 is 5.97 Å². The first-order valence-corrected chi connectivity index (χ1v) is 6.24. The average molecular weight is 263 g/mol. The molecule has 0 aliphatic rings. The van der Waals surface area contributed by atoms with E-state index in [-0.39, 0.29) is 6.54 Å². The molecule has 0 spiro atoms. The first-order chi connectivity index (χ1) is 9.02. The van der Waals surface area contributed by atoms with Crippen molar-refractivity contribution in [2.24, 2.45) is 0 Å². The lowest BCUT2D eigenvalue weighted by Gasteiger charge is -2.06. The van der Waals surface area contributed by atoms with Crippen LogP contribution < -0.4 is 0 Å². The molecule has 0 aliphatic heterocycles. The molecule has 0 aliphatic carbocycles. The molecule has 0 bridgehead atoms. The molecule has 0 amide bonds. The molecule has 0 aromatic carbocycles. The molecule has 0 saturated carbocycles. The van der Waals surface area contributed by atoms with Crippen LogP contribution in [0.4, 0.5) is 0 Å². The number of aromatic nitrogens is 3. The lowest BCUT2D eigenvalue weighted by Crippen LogP contribution is -2.11. The monoisotopic (exact) mass is 263 g/mol. The Labute approximate surface area is 111 Å². The Morgan fingerprint density at radius 1 is 1.42 bits per heavy atom. The standard InChI is InChI=1S/C13H17N3O3/c1-4-5-10-14-15-13(19-10)12-8(2)6-9(3)16(12)7-11(17)18/h6H,4-5,7H2,1-3H3,(H,17,18). The predicted octanol–water partition coefficient (Wildman–Crippen LogP) is 2.19. The van der Waals surface area contributed by atoms with Crippen molar-refractivity contribution in [3.05, 3.63) is 23.2 Å². The summed E-state index contributed by atoms with van der Waals surface area (Å²) in [5.74, 6) is 0.0705. The van der Waals surface area contributed by atoms with E-state index in [9.17, 15) is 4.79 Å². The van der Waals surface area contributed by atoms with E-state index >= 15 is 0 Å². The molecule has 0 fully saturated rings. The highest BCUT2D eigenvalue weighted by Crippen LogP contribution is 2.26. The van der Waals surface area contributed by atoms with Gasteiger partial charge in [-0.25, -0.2) is 0 Å². The third kappa shape index (κ3) is 2.67. The van der Waals surface area contributed by atoms with Crippen LogP contribution in [0.5, 0.6) is 0 Å². The van der Waals surface area contributed by atoms with Crippen LogP contribution in [0.1, 0.15) is 30.5 Å². The van der Waals surface area contributed by atoms with E-state index in [0.29, 0.717) is 17.5 Å². The molecule has 2 heterocycles. The SMILES string of the molecule is CCCc1nnc(-c2c(C)cc(C)n2CC(=O)O)o1. The van der Waals surface area contributed by atoms with Crippen LogP contribution in [0.3, 0.4) is 0 Å². The summed E-state index contributed by atoms with van der Waals surface area (Å²) in [5.41, 5.74) is 2.49. The first kappa shape index (κ1) is 13.3. The number of aliphatic carboxylic acids is 1. The third-order valence-electron chi connectivity index (χ3n) is 2.92. The summed E-state index contributed by atoms with van der Waals surface area (Å²) in [5, 5.41) is 17.0. The summed E-state index contributed by atoms with van der Waals surface area (Å²) in [6.45, 7) is 5.69. The van der Waals surface area contributed by atoms with Gasteiger partial charge in [-0.15, -0.1) is 10.2 Å². The van der Waals surface area contributed by atoms with Gasteiger partial charge in [0.2, 0.25) is 5.89 Å². The van der Waals surface area contributed by atoms with Gasteiger partial charge in [-0.1, -0.05) is 6.92 Å². The van der Waals surface area contributed by atoms with Crippen LogP contribution in [-0.2, 0) is 17.8 Å². The minimum atomic E-state index is -0.895. The third-order valence-corrected chi connectivity index (χ3v) is 2.92. The molecule has 0 saturated heterocycles. The van der Waals surface area contributed by atoms with Crippen molar-refractivity contribution < 1.29 is 14.3 Å². The minimum Gasteiger partial charge on any atom is -0.480 e. The summed E-state index contributed by atoms with van der Waals surface area (Å²) >= 11 is 0. The lowest BCUT2D eigenvalue weighted by molar-refractivity contribution is -0.137. The van der Waals surface area contributed by atoms with Crippen molar-refractivity contribution >= 4 is 5.97 Å². The van der Waals surface area contributed by atoms with Gasteiger partial charge in [0.15, 0.2) is 0 Å². The maximum absolute atomic E-state index is 10.9. The number of hydrogen-bond donors (Lipinski definition) is 1. The van der Waals surface area contributed by atoms with Crippen LogP contribution in [0.15, 0.2) is 10.5 Å². The number of hydrogen-bond acceptors (Lipinski definition) is 4. The number of rotatable bonds is 5. The van der Waals surface area contributed by atoms with E-state index in [1.54, 1.807) is 4.57 Å². The molecule has 102 valence electrons. The zero-order valence-corrected chi connectivity index (χ0v) is 11.3. The number of nitrogens with zero attached hydrogens (tertiary/aromatic N) is 3. The molecular formula is C13H17N3O3. The molecule has 2 aromatic heterocycles. The maximum Gasteiger partial charge on any atom is 0.323 e. The number of carboxylic acids is 1. The zero-order chi connectivity index (χ0) is 14.0. The van der Waals surface area contributed by atoms with E-state index in [4.69, 9.17) is 9.52 Å². The van der Waals surface area contributed by atoms with E-state index in [1.807, 2.05) is 26.8 Å². The zero-order valence-electron chi connectivity index (χ0n) is 11.3. The predicted molar refractivity (Wildman–Crippen MR) is 68.8 cm³/mol. The molecule has 6 heteroatoms. The fourth-order valence-corrected chi connectivity index (χ4v) is 2.14. The van der Waals surface area contributed by atoms with Gasteiger partial charge in [0.05, 0.1) is 0 Å². The van der Waals surface area contributed by atoms with Gasteiger partial charge < -0.3 is 14.1 Å². The number of carboxylic acid groups (broad SMARTS) is 1. The number of aryl methyl sites for hydroxylation is 3. The Balaban J connectivity index is 2.44. The second kappa shape index (κ2) is 5.26. The van der Waals surface area contributed by atoms with Crippen molar-refractivity contribution in [3.63, 3.8) is 0 Å². The number of carbonyl (C=O) groups is 1. The Bertz CT molecular complexity index is 598. The molecule has 0 unspecified atom stereocenters. The van der Waals surface area contributed by atoms with Crippen molar-refractivity contribution in [2.45, 2.75) is 40.2 Å². The molecule has 2 aromatic rings. The summed E-state index contributed by atoms with van der Waals surface area (Å²) < 4.78 is 7.27. The van der Waals surface area contributed by atoms with Crippen LogP contribution in [0, 0.1) is 13.8 Å². The summed E-state index contributed by atoms with van der Waals surface area (Å²) in [6, 6.07) is 1.92.